The molecule has 4 aromatic rings. The molecule has 14 heteroatoms. The van der Waals surface area contributed by atoms with Crippen LogP contribution < -0.4 is 16.0 Å². The van der Waals surface area contributed by atoms with Gasteiger partial charge in [-0.25, -0.2) is 8.78 Å². The van der Waals surface area contributed by atoms with Crippen molar-refractivity contribution in [1.82, 2.24) is 15.2 Å². The van der Waals surface area contributed by atoms with Crippen LogP contribution in [0.15, 0.2) is 71.2 Å². The third kappa shape index (κ3) is 6.57. The first-order valence-corrected chi connectivity index (χ1v) is 13.7. The van der Waals surface area contributed by atoms with E-state index in [1.54, 1.807) is 24.3 Å². The number of anilines is 1. The van der Waals surface area contributed by atoms with Crippen molar-refractivity contribution in [1.29, 1.82) is 0 Å². The lowest BCUT2D eigenvalue weighted by atomic mass is 10.0. The predicted molar refractivity (Wildman–Crippen MR) is 150 cm³/mol. The zero-order chi connectivity index (χ0) is 31.1. The molecule has 0 spiro atoms. The Labute approximate surface area is 254 Å². The minimum atomic E-state index is -4.92. The molecule has 3 aromatic carbocycles. The molecule has 43 heavy (non-hydrogen) atoms. The van der Waals surface area contributed by atoms with Crippen LogP contribution in [0.3, 0.4) is 0 Å². The number of carbonyl (C=O) groups is 3. The zero-order valence-electron chi connectivity index (χ0n) is 21.7. The Morgan fingerprint density at radius 3 is 2.40 bits per heavy atom. The summed E-state index contributed by atoms with van der Waals surface area (Å²) in [7, 11) is 0. The highest BCUT2D eigenvalue weighted by Crippen LogP contribution is 2.38. The predicted octanol–water partition coefficient (Wildman–Crippen LogP) is 6.60. The molecular formula is C29H19BrClF5N4O3. The standard InChI is InChI=1S/C29H19BrClF5N4O3/c30-17-3-1-14(2-4-17)12-37-28(43)23-11-22(38-27(42)15-7-16(29(34,35)36)9-19(33)8-15)26-25(39-24(41)13-40(23)26)20-10-18(32)5-6-21(20)31/h1-11,25H,12-13H2,(H,37,43)(H,38,42)(H,39,41). The third-order valence-corrected chi connectivity index (χ3v) is 7.50. The number of benzene rings is 3. The Kier molecular flexibility index (Phi) is 8.30. The van der Waals surface area contributed by atoms with Crippen LogP contribution in [0.4, 0.5) is 27.6 Å². The summed E-state index contributed by atoms with van der Waals surface area (Å²) in [5.74, 6) is -4.30. The molecule has 0 saturated carbocycles. The topological polar surface area (TPSA) is 92.2 Å². The van der Waals surface area contributed by atoms with E-state index in [9.17, 15) is 36.3 Å². The maximum absolute atomic E-state index is 14.3. The van der Waals surface area contributed by atoms with Gasteiger partial charge in [-0.1, -0.05) is 39.7 Å². The summed E-state index contributed by atoms with van der Waals surface area (Å²) < 4.78 is 70.3. The molecule has 1 atom stereocenters. The molecule has 7 nitrogen and oxygen atoms in total. The normalized spacial score (nSPS) is 14.6. The minimum Gasteiger partial charge on any atom is -0.347 e. The van der Waals surface area contributed by atoms with Crippen molar-refractivity contribution >= 4 is 50.9 Å². The van der Waals surface area contributed by atoms with Gasteiger partial charge in [-0.05, 0) is 60.2 Å². The van der Waals surface area contributed by atoms with Gasteiger partial charge in [-0.3, -0.25) is 14.4 Å². The molecule has 0 bridgehead atoms. The molecule has 3 amide bonds. The fourth-order valence-corrected chi connectivity index (χ4v) is 5.16. The van der Waals surface area contributed by atoms with Crippen molar-refractivity contribution in [3.63, 3.8) is 0 Å². The number of fused-ring (bicyclic) bond motifs is 1. The van der Waals surface area contributed by atoms with Gasteiger partial charge in [-0.15, -0.1) is 0 Å². The Bertz CT molecular complexity index is 1760. The second-order valence-electron chi connectivity index (χ2n) is 9.57. The molecular weight excluding hydrogens is 663 g/mol. The zero-order valence-corrected chi connectivity index (χ0v) is 24.0. The molecule has 222 valence electrons. The summed E-state index contributed by atoms with van der Waals surface area (Å²) in [4.78, 5) is 39.3. The van der Waals surface area contributed by atoms with Crippen molar-refractivity contribution in [3.8, 4) is 0 Å². The first kappa shape index (κ1) is 30.2. The van der Waals surface area contributed by atoms with Gasteiger partial charge in [0.15, 0.2) is 0 Å². The van der Waals surface area contributed by atoms with Crippen molar-refractivity contribution < 1.29 is 36.3 Å². The summed E-state index contributed by atoms with van der Waals surface area (Å²) in [6, 6.07) is 11.9. The first-order chi connectivity index (χ1) is 20.3. The highest BCUT2D eigenvalue weighted by atomic mass is 79.9. The fraction of sp³-hybridized carbons (Fsp3) is 0.138. The minimum absolute atomic E-state index is 0.0554. The van der Waals surface area contributed by atoms with Crippen LogP contribution in [0.2, 0.25) is 5.02 Å². The number of nitrogens with one attached hydrogen (secondary N) is 3. The van der Waals surface area contributed by atoms with E-state index in [0.717, 1.165) is 22.2 Å². The summed E-state index contributed by atoms with van der Waals surface area (Å²) >= 11 is 9.66. The van der Waals surface area contributed by atoms with E-state index in [2.05, 4.69) is 31.9 Å². The van der Waals surface area contributed by atoms with Crippen molar-refractivity contribution in [2.24, 2.45) is 0 Å². The van der Waals surface area contributed by atoms with Gasteiger partial charge in [0.1, 0.15) is 23.9 Å². The number of hydrogen-bond donors (Lipinski definition) is 3. The number of alkyl halides is 3. The van der Waals surface area contributed by atoms with E-state index in [-0.39, 0.29) is 46.8 Å². The van der Waals surface area contributed by atoms with E-state index in [1.165, 1.54) is 16.7 Å². The molecule has 0 fully saturated rings. The van der Waals surface area contributed by atoms with Crippen molar-refractivity contribution in [3.05, 3.63) is 122 Å². The number of aromatic nitrogens is 1. The lowest BCUT2D eigenvalue weighted by Crippen LogP contribution is -2.41. The first-order valence-electron chi connectivity index (χ1n) is 12.5. The van der Waals surface area contributed by atoms with Crippen LogP contribution in [-0.4, -0.2) is 22.3 Å². The average Bonchev–Trinajstić information content (AvgIpc) is 3.30. The number of nitrogens with zero attached hydrogens (tertiary/aromatic N) is 1. The van der Waals surface area contributed by atoms with Crippen LogP contribution in [-0.2, 0) is 24.1 Å². The lowest BCUT2D eigenvalue weighted by molar-refractivity contribution is -0.137. The van der Waals surface area contributed by atoms with E-state index < -0.39 is 52.7 Å². The molecule has 2 heterocycles. The molecule has 1 aliphatic rings. The average molecular weight is 682 g/mol. The van der Waals surface area contributed by atoms with Crippen LogP contribution in [0.25, 0.3) is 0 Å². The molecule has 0 radical (unpaired) electrons. The molecule has 1 aliphatic heterocycles. The number of rotatable bonds is 6. The Morgan fingerprint density at radius 1 is 0.977 bits per heavy atom. The molecule has 1 aromatic heterocycles. The van der Waals surface area contributed by atoms with Gasteiger partial charge in [0.05, 0.1) is 23.0 Å². The Balaban J connectivity index is 1.57. The quantitative estimate of drug-likeness (QED) is 0.200. The molecule has 0 aliphatic carbocycles. The maximum atomic E-state index is 14.3. The Morgan fingerprint density at radius 2 is 1.70 bits per heavy atom. The SMILES string of the molecule is O=C1Cn2c(C(=O)NCc3ccc(Br)cc3)cc(NC(=O)c3cc(F)cc(C(F)(F)F)c3)c2C(c2cc(F)ccc2Cl)N1. The second kappa shape index (κ2) is 11.8. The molecule has 0 saturated heterocycles. The summed E-state index contributed by atoms with van der Waals surface area (Å²) in [6.07, 6.45) is -4.92. The van der Waals surface area contributed by atoms with Crippen LogP contribution >= 0.6 is 27.5 Å². The number of carbonyl (C=O) groups excluding carboxylic acids is 3. The number of halogens is 7. The summed E-state index contributed by atoms with van der Waals surface area (Å²) in [5.41, 5.74) is -1.25. The molecule has 1 unspecified atom stereocenters. The van der Waals surface area contributed by atoms with Gasteiger partial charge in [0.25, 0.3) is 11.8 Å². The maximum Gasteiger partial charge on any atom is 0.416 e. The van der Waals surface area contributed by atoms with Gasteiger partial charge < -0.3 is 20.5 Å². The van der Waals surface area contributed by atoms with E-state index >= 15 is 0 Å². The van der Waals surface area contributed by atoms with E-state index in [0.29, 0.717) is 12.1 Å². The smallest absolute Gasteiger partial charge is 0.347 e. The van der Waals surface area contributed by atoms with Crippen LogP contribution in [0.5, 0.6) is 0 Å². The monoisotopic (exact) mass is 680 g/mol. The summed E-state index contributed by atoms with van der Waals surface area (Å²) in [5, 5.41) is 7.87. The van der Waals surface area contributed by atoms with Crippen LogP contribution in [0.1, 0.15) is 49.3 Å². The van der Waals surface area contributed by atoms with Gasteiger partial charge in [-0.2, -0.15) is 13.2 Å². The number of hydrogen-bond acceptors (Lipinski definition) is 3. The third-order valence-electron chi connectivity index (χ3n) is 6.62. The van der Waals surface area contributed by atoms with Crippen LogP contribution in [0, 0.1) is 11.6 Å². The largest absolute Gasteiger partial charge is 0.416 e. The number of amides is 3. The van der Waals surface area contributed by atoms with E-state index in [1.807, 2.05) is 0 Å². The van der Waals surface area contributed by atoms with Crippen molar-refractivity contribution in [2.75, 3.05) is 5.32 Å². The molecule has 3 N–H and O–H groups in total. The second-order valence-corrected chi connectivity index (χ2v) is 10.9. The summed E-state index contributed by atoms with van der Waals surface area (Å²) in [6.45, 7) is -0.281. The van der Waals surface area contributed by atoms with E-state index in [4.69, 9.17) is 11.6 Å². The van der Waals surface area contributed by atoms with Gasteiger partial charge >= 0.3 is 6.18 Å². The highest BCUT2D eigenvalue weighted by Gasteiger charge is 2.35. The molecule has 5 rings (SSSR count). The van der Waals surface area contributed by atoms with Gasteiger partial charge in [0, 0.05) is 27.2 Å². The fourth-order valence-electron chi connectivity index (χ4n) is 4.67. The lowest BCUT2D eigenvalue weighted by Gasteiger charge is -2.29. The van der Waals surface area contributed by atoms with Crippen molar-refractivity contribution in [2.45, 2.75) is 25.3 Å². The van der Waals surface area contributed by atoms with Gasteiger partial charge in [0.2, 0.25) is 5.91 Å². The Hall–Kier alpha value is -4.23. The highest BCUT2D eigenvalue weighted by molar-refractivity contribution is 9.10.